The van der Waals surface area contributed by atoms with Crippen molar-refractivity contribution in [1.29, 1.82) is 0 Å². The van der Waals surface area contributed by atoms with Gasteiger partial charge in [-0.1, -0.05) is 19.3 Å². The van der Waals surface area contributed by atoms with Crippen molar-refractivity contribution >= 4 is 11.8 Å². The van der Waals surface area contributed by atoms with Crippen LogP contribution in [0.3, 0.4) is 0 Å². The minimum atomic E-state index is -0.0793. The molecule has 1 saturated carbocycles. The van der Waals surface area contributed by atoms with E-state index in [2.05, 4.69) is 0 Å². The number of thioether (sulfide) groups is 1. The van der Waals surface area contributed by atoms with Gasteiger partial charge in [-0.2, -0.15) is 11.8 Å². The van der Waals surface area contributed by atoms with Crippen molar-refractivity contribution in [3.05, 3.63) is 0 Å². The van der Waals surface area contributed by atoms with Gasteiger partial charge in [-0.25, -0.2) is 0 Å². The summed E-state index contributed by atoms with van der Waals surface area (Å²) >= 11 is 1.87. The zero-order valence-electron chi connectivity index (χ0n) is 8.37. The Balaban J connectivity index is 2.19. The van der Waals surface area contributed by atoms with E-state index in [-0.39, 0.29) is 6.10 Å². The van der Waals surface area contributed by atoms with Gasteiger partial charge >= 0.3 is 0 Å². The summed E-state index contributed by atoms with van der Waals surface area (Å²) in [5.41, 5.74) is 0. The van der Waals surface area contributed by atoms with Gasteiger partial charge in [-0.05, 0) is 12.8 Å². The Morgan fingerprint density at radius 3 is 2.85 bits per heavy atom. The van der Waals surface area contributed by atoms with E-state index >= 15 is 0 Å². The topological polar surface area (TPSA) is 29.5 Å². The normalized spacial score (nSPS) is 30.0. The molecule has 1 fully saturated rings. The van der Waals surface area contributed by atoms with Crippen LogP contribution in [0.15, 0.2) is 0 Å². The van der Waals surface area contributed by atoms with Crippen LogP contribution in [0, 0.1) is 0 Å². The molecule has 0 radical (unpaired) electrons. The Kier molecular flexibility index (Phi) is 5.83. The standard InChI is InChI=1S/C10H20O2S/c1-12-7-8-13-10-6-4-2-3-5-9(10)11/h9-11H,2-8H2,1H3. The van der Waals surface area contributed by atoms with Gasteiger partial charge in [0, 0.05) is 18.1 Å². The summed E-state index contributed by atoms with van der Waals surface area (Å²) in [7, 11) is 1.73. The summed E-state index contributed by atoms with van der Waals surface area (Å²) in [5, 5.41) is 10.2. The molecule has 0 heterocycles. The molecule has 0 bridgehead atoms. The molecule has 2 unspecified atom stereocenters. The van der Waals surface area contributed by atoms with Crippen LogP contribution in [-0.4, -0.2) is 35.9 Å². The molecule has 0 aromatic rings. The molecule has 0 aliphatic heterocycles. The molecule has 1 rings (SSSR count). The van der Waals surface area contributed by atoms with Crippen LogP contribution in [0.25, 0.3) is 0 Å². The first-order valence-corrected chi connectivity index (χ1v) is 6.18. The first-order valence-electron chi connectivity index (χ1n) is 5.13. The molecule has 3 heteroatoms. The third-order valence-electron chi connectivity index (χ3n) is 2.54. The van der Waals surface area contributed by atoms with Crippen molar-refractivity contribution in [2.24, 2.45) is 0 Å². The molecular weight excluding hydrogens is 184 g/mol. The smallest absolute Gasteiger partial charge is 0.0658 e. The molecule has 0 saturated heterocycles. The highest BCUT2D eigenvalue weighted by Crippen LogP contribution is 2.27. The number of hydrogen-bond acceptors (Lipinski definition) is 3. The van der Waals surface area contributed by atoms with Gasteiger partial charge in [0.05, 0.1) is 12.7 Å². The van der Waals surface area contributed by atoms with Crippen LogP contribution < -0.4 is 0 Å². The maximum Gasteiger partial charge on any atom is 0.0658 e. The molecule has 1 aliphatic carbocycles. The van der Waals surface area contributed by atoms with Crippen LogP contribution >= 0.6 is 11.8 Å². The summed E-state index contributed by atoms with van der Waals surface area (Å²) in [4.78, 5) is 0. The monoisotopic (exact) mass is 204 g/mol. The van der Waals surface area contributed by atoms with E-state index in [1.54, 1.807) is 7.11 Å². The van der Waals surface area contributed by atoms with Gasteiger partial charge in [0.25, 0.3) is 0 Å². The minimum Gasteiger partial charge on any atom is -0.392 e. The van der Waals surface area contributed by atoms with E-state index in [1.807, 2.05) is 11.8 Å². The van der Waals surface area contributed by atoms with Crippen LogP contribution in [0.5, 0.6) is 0 Å². The minimum absolute atomic E-state index is 0.0793. The SMILES string of the molecule is COCCSC1CCCCCC1O. The van der Waals surface area contributed by atoms with E-state index in [0.29, 0.717) is 5.25 Å². The van der Waals surface area contributed by atoms with Crippen molar-refractivity contribution in [3.8, 4) is 0 Å². The second kappa shape index (κ2) is 6.68. The maximum atomic E-state index is 9.79. The molecule has 78 valence electrons. The first-order chi connectivity index (χ1) is 6.34. The Bertz CT molecular complexity index is 130. The van der Waals surface area contributed by atoms with E-state index in [4.69, 9.17) is 4.74 Å². The van der Waals surface area contributed by atoms with Gasteiger partial charge in [-0.3, -0.25) is 0 Å². The van der Waals surface area contributed by atoms with Gasteiger partial charge in [0.2, 0.25) is 0 Å². The Hall–Kier alpha value is 0.270. The number of aliphatic hydroxyl groups excluding tert-OH is 1. The van der Waals surface area contributed by atoms with Crippen LogP contribution in [-0.2, 0) is 4.74 Å². The number of methoxy groups -OCH3 is 1. The van der Waals surface area contributed by atoms with Crippen LogP contribution in [0.2, 0.25) is 0 Å². The van der Waals surface area contributed by atoms with Gasteiger partial charge in [0.1, 0.15) is 0 Å². The summed E-state index contributed by atoms with van der Waals surface area (Å²) < 4.78 is 5.00. The van der Waals surface area contributed by atoms with E-state index in [1.165, 1.54) is 25.7 Å². The molecule has 0 aromatic carbocycles. The Labute approximate surface area is 85.0 Å². The average Bonchev–Trinajstić information content (AvgIpc) is 2.32. The maximum absolute atomic E-state index is 9.79. The summed E-state index contributed by atoms with van der Waals surface area (Å²) in [6.07, 6.45) is 5.85. The summed E-state index contributed by atoms with van der Waals surface area (Å²) in [6.45, 7) is 0.799. The zero-order valence-corrected chi connectivity index (χ0v) is 9.18. The number of aliphatic hydroxyl groups is 1. The fourth-order valence-corrected chi connectivity index (χ4v) is 2.99. The highest BCUT2D eigenvalue weighted by Gasteiger charge is 2.21. The molecule has 1 aliphatic rings. The van der Waals surface area contributed by atoms with Gasteiger partial charge < -0.3 is 9.84 Å². The Morgan fingerprint density at radius 2 is 2.08 bits per heavy atom. The summed E-state index contributed by atoms with van der Waals surface area (Å²) in [6, 6.07) is 0. The predicted molar refractivity (Wildman–Crippen MR) is 57.2 cm³/mol. The van der Waals surface area contributed by atoms with E-state index < -0.39 is 0 Å². The van der Waals surface area contributed by atoms with Crippen molar-refractivity contribution < 1.29 is 9.84 Å². The number of hydrogen-bond donors (Lipinski definition) is 1. The lowest BCUT2D eigenvalue weighted by molar-refractivity contribution is 0.163. The molecule has 2 nitrogen and oxygen atoms in total. The van der Waals surface area contributed by atoms with Crippen molar-refractivity contribution in [2.75, 3.05) is 19.5 Å². The lowest BCUT2D eigenvalue weighted by Crippen LogP contribution is -2.22. The van der Waals surface area contributed by atoms with Gasteiger partial charge in [-0.15, -0.1) is 0 Å². The molecule has 0 aromatic heterocycles. The van der Waals surface area contributed by atoms with Crippen LogP contribution in [0.4, 0.5) is 0 Å². The fraction of sp³-hybridized carbons (Fsp3) is 1.00. The number of rotatable bonds is 4. The lowest BCUT2D eigenvalue weighted by atomic mass is 10.1. The van der Waals surface area contributed by atoms with Crippen molar-refractivity contribution in [1.82, 2.24) is 0 Å². The molecule has 0 spiro atoms. The highest BCUT2D eigenvalue weighted by molar-refractivity contribution is 7.99. The molecule has 1 N–H and O–H groups in total. The van der Waals surface area contributed by atoms with E-state index in [9.17, 15) is 5.11 Å². The van der Waals surface area contributed by atoms with Crippen LogP contribution in [0.1, 0.15) is 32.1 Å². The molecule has 2 atom stereocenters. The van der Waals surface area contributed by atoms with E-state index in [0.717, 1.165) is 18.8 Å². The molecule has 13 heavy (non-hydrogen) atoms. The molecule has 0 amide bonds. The summed E-state index contributed by atoms with van der Waals surface area (Å²) in [5.74, 6) is 1.01. The second-order valence-electron chi connectivity index (χ2n) is 3.61. The lowest BCUT2D eigenvalue weighted by Gasteiger charge is -2.19. The third kappa shape index (κ3) is 4.34. The second-order valence-corrected chi connectivity index (χ2v) is 4.95. The third-order valence-corrected chi connectivity index (χ3v) is 3.92. The highest BCUT2D eigenvalue weighted by atomic mass is 32.2. The predicted octanol–water partition coefficient (Wildman–Crippen LogP) is 2.06. The van der Waals surface area contributed by atoms with Crippen molar-refractivity contribution in [2.45, 2.75) is 43.5 Å². The largest absolute Gasteiger partial charge is 0.392 e. The quantitative estimate of drug-likeness (QED) is 0.561. The average molecular weight is 204 g/mol. The molecular formula is C10H20O2S. The first kappa shape index (κ1) is 11.3. The fourth-order valence-electron chi connectivity index (χ4n) is 1.73. The number of ether oxygens (including phenoxy) is 1. The van der Waals surface area contributed by atoms with Gasteiger partial charge in [0.15, 0.2) is 0 Å². The Morgan fingerprint density at radius 1 is 1.31 bits per heavy atom. The zero-order chi connectivity index (χ0) is 9.52. The van der Waals surface area contributed by atoms with Crippen molar-refractivity contribution in [3.63, 3.8) is 0 Å².